The molecule has 90 valence electrons. The molecule has 0 unspecified atom stereocenters. The Morgan fingerprint density at radius 3 is 2.71 bits per heavy atom. The van der Waals surface area contributed by atoms with Gasteiger partial charge in [0.1, 0.15) is 0 Å². The Morgan fingerprint density at radius 2 is 2.06 bits per heavy atom. The third-order valence-electron chi connectivity index (χ3n) is 2.55. The zero-order valence-electron chi connectivity index (χ0n) is 9.45. The van der Waals surface area contributed by atoms with E-state index in [2.05, 4.69) is 10.4 Å². The Hall–Kier alpha value is -1.91. The number of rotatable bonds is 4. The smallest absolute Gasteiger partial charge is 0.160 e. The molecule has 0 radical (unpaired) electrons. The molecule has 1 aromatic carbocycles. The standard InChI is InChI=1S/C12H13F2N3/c1-17-10(5-7-16-17)4-6-15-9-2-3-11(13)12(14)8-9/h2-3,5,7-8,15H,4,6H2,1H3. The van der Waals surface area contributed by atoms with Crippen LogP contribution in [0.2, 0.25) is 0 Å². The molecule has 0 fully saturated rings. The predicted molar refractivity (Wildman–Crippen MR) is 61.8 cm³/mol. The zero-order valence-corrected chi connectivity index (χ0v) is 9.45. The van der Waals surface area contributed by atoms with E-state index in [4.69, 9.17) is 0 Å². The highest BCUT2D eigenvalue weighted by atomic mass is 19.2. The van der Waals surface area contributed by atoms with Crippen LogP contribution in [0.15, 0.2) is 30.5 Å². The number of aryl methyl sites for hydroxylation is 1. The van der Waals surface area contributed by atoms with Crippen LogP contribution in [0.4, 0.5) is 14.5 Å². The molecule has 0 aliphatic rings. The van der Waals surface area contributed by atoms with Crippen molar-refractivity contribution < 1.29 is 8.78 Å². The van der Waals surface area contributed by atoms with E-state index in [-0.39, 0.29) is 0 Å². The lowest BCUT2D eigenvalue weighted by atomic mass is 10.2. The highest BCUT2D eigenvalue weighted by Gasteiger charge is 2.02. The Balaban J connectivity index is 1.90. The van der Waals surface area contributed by atoms with Gasteiger partial charge in [-0.2, -0.15) is 5.10 Å². The van der Waals surface area contributed by atoms with Crippen LogP contribution in [0.5, 0.6) is 0 Å². The zero-order chi connectivity index (χ0) is 12.3. The first-order valence-electron chi connectivity index (χ1n) is 5.32. The van der Waals surface area contributed by atoms with Crippen molar-refractivity contribution in [2.45, 2.75) is 6.42 Å². The van der Waals surface area contributed by atoms with Crippen LogP contribution in [0, 0.1) is 11.6 Å². The summed E-state index contributed by atoms with van der Waals surface area (Å²) in [5.41, 5.74) is 1.66. The Bertz CT molecular complexity index is 508. The molecule has 0 saturated heterocycles. The van der Waals surface area contributed by atoms with Gasteiger partial charge in [-0.25, -0.2) is 8.78 Å². The lowest BCUT2D eigenvalue weighted by Gasteiger charge is -2.06. The summed E-state index contributed by atoms with van der Waals surface area (Å²) in [7, 11) is 1.87. The normalized spacial score (nSPS) is 10.5. The number of anilines is 1. The summed E-state index contributed by atoms with van der Waals surface area (Å²) in [5.74, 6) is -1.67. The van der Waals surface area contributed by atoms with E-state index in [1.54, 1.807) is 10.9 Å². The van der Waals surface area contributed by atoms with Gasteiger partial charge in [0, 0.05) is 37.6 Å². The van der Waals surface area contributed by atoms with E-state index in [0.29, 0.717) is 12.2 Å². The molecule has 3 nitrogen and oxygen atoms in total. The van der Waals surface area contributed by atoms with Crippen molar-refractivity contribution in [2.75, 3.05) is 11.9 Å². The molecule has 0 aliphatic heterocycles. The van der Waals surface area contributed by atoms with Crippen molar-refractivity contribution in [1.29, 1.82) is 0 Å². The number of hydrogen-bond donors (Lipinski definition) is 1. The largest absolute Gasteiger partial charge is 0.385 e. The molecule has 0 saturated carbocycles. The summed E-state index contributed by atoms with van der Waals surface area (Å²) < 4.78 is 27.4. The van der Waals surface area contributed by atoms with Crippen LogP contribution >= 0.6 is 0 Å². The third kappa shape index (κ3) is 2.81. The maximum absolute atomic E-state index is 12.9. The van der Waals surface area contributed by atoms with Crippen LogP contribution in [-0.2, 0) is 13.5 Å². The van der Waals surface area contributed by atoms with Crippen LogP contribution < -0.4 is 5.32 Å². The molecule has 1 heterocycles. The van der Waals surface area contributed by atoms with Crippen molar-refractivity contribution in [3.63, 3.8) is 0 Å². The van der Waals surface area contributed by atoms with Gasteiger partial charge in [0.05, 0.1) is 0 Å². The molecule has 0 bridgehead atoms. The molecule has 2 aromatic rings. The topological polar surface area (TPSA) is 29.9 Å². The van der Waals surface area contributed by atoms with Crippen LogP contribution in [0.1, 0.15) is 5.69 Å². The molecule has 17 heavy (non-hydrogen) atoms. The number of aromatic nitrogens is 2. The summed E-state index contributed by atoms with van der Waals surface area (Å²) in [6, 6.07) is 5.70. The second-order valence-corrected chi connectivity index (χ2v) is 3.75. The minimum atomic E-state index is -0.837. The molecular formula is C12H13F2N3. The third-order valence-corrected chi connectivity index (χ3v) is 2.55. The number of halogens is 2. The van der Waals surface area contributed by atoms with Crippen molar-refractivity contribution in [3.05, 3.63) is 47.8 Å². The van der Waals surface area contributed by atoms with Gasteiger partial charge >= 0.3 is 0 Å². The average Bonchev–Trinajstić information content (AvgIpc) is 2.70. The summed E-state index contributed by atoms with van der Waals surface area (Å²) >= 11 is 0. The summed E-state index contributed by atoms with van der Waals surface area (Å²) in [6.45, 7) is 0.643. The number of nitrogens with one attached hydrogen (secondary N) is 1. The SMILES string of the molecule is Cn1nccc1CCNc1ccc(F)c(F)c1. The number of nitrogens with zero attached hydrogens (tertiary/aromatic N) is 2. The lowest BCUT2D eigenvalue weighted by Crippen LogP contribution is -2.08. The molecule has 0 atom stereocenters. The van der Waals surface area contributed by atoms with Gasteiger partial charge < -0.3 is 5.32 Å². The van der Waals surface area contributed by atoms with Crippen molar-refractivity contribution in [1.82, 2.24) is 9.78 Å². The first-order valence-corrected chi connectivity index (χ1v) is 5.32. The van der Waals surface area contributed by atoms with Crippen molar-refractivity contribution in [2.24, 2.45) is 7.05 Å². The minimum Gasteiger partial charge on any atom is -0.385 e. The second-order valence-electron chi connectivity index (χ2n) is 3.75. The number of hydrogen-bond acceptors (Lipinski definition) is 2. The van der Waals surface area contributed by atoms with Crippen molar-refractivity contribution in [3.8, 4) is 0 Å². The van der Waals surface area contributed by atoms with Gasteiger partial charge in [0.25, 0.3) is 0 Å². The maximum atomic E-state index is 12.9. The molecule has 1 N–H and O–H groups in total. The predicted octanol–water partition coefficient (Wildman–Crippen LogP) is 2.35. The van der Waals surface area contributed by atoms with Crippen LogP contribution in [0.25, 0.3) is 0 Å². The molecule has 2 rings (SSSR count). The van der Waals surface area contributed by atoms with E-state index in [1.165, 1.54) is 6.07 Å². The van der Waals surface area contributed by atoms with E-state index < -0.39 is 11.6 Å². The van der Waals surface area contributed by atoms with Gasteiger partial charge in [-0.3, -0.25) is 4.68 Å². The van der Waals surface area contributed by atoms with Gasteiger partial charge in [-0.1, -0.05) is 0 Å². The Morgan fingerprint density at radius 1 is 1.24 bits per heavy atom. The second kappa shape index (κ2) is 4.95. The fourth-order valence-electron chi connectivity index (χ4n) is 1.59. The molecule has 1 aromatic heterocycles. The fourth-order valence-corrected chi connectivity index (χ4v) is 1.59. The highest BCUT2D eigenvalue weighted by Crippen LogP contribution is 2.13. The first-order chi connectivity index (χ1) is 8.16. The quantitative estimate of drug-likeness (QED) is 0.884. The molecule has 0 aliphatic carbocycles. The monoisotopic (exact) mass is 237 g/mol. The highest BCUT2D eigenvalue weighted by molar-refractivity contribution is 5.43. The molecular weight excluding hydrogens is 224 g/mol. The fraction of sp³-hybridized carbons (Fsp3) is 0.250. The summed E-state index contributed by atoms with van der Waals surface area (Å²) in [5, 5.41) is 7.08. The molecule has 0 amide bonds. The Labute approximate surface area is 98.1 Å². The van der Waals surface area contributed by atoms with Crippen molar-refractivity contribution >= 4 is 5.69 Å². The average molecular weight is 237 g/mol. The lowest BCUT2D eigenvalue weighted by molar-refractivity contribution is 0.509. The summed E-state index contributed by atoms with van der Waals surface area (Å²) in [6.07, 6.45) is 2.50. The number of benzene rings is 1. The van der Waals surface area contributed by atoms with Gasteiger partial charge in [0.2, 0.25) is 0 Å². The maximum Gasteiger partial charge on any atom is 0.160 e. The van der Waals surface area contributed by atoms with Gasteiger partial charge in [-0.05, 0) is 24.3 Å². The molecule has 5 heteroatoms. The first kappa shape index (κ1) is 11.6. The Kier molecular flexibility index (Phi) is 3.37. The molecule has 0 spiro atoms. The van der Waals surface area contributed by atoms with E-state index in [9.17, 15) is 8.78 Å². The van der Waals surface area contributed by atoms with E-state index in [1.807, 2.05) is 13.1 Å². The minimum absolute atomic E-state index is 0.575. The van der Waals surface area contributed by atoms with Gasteiger partial charge in [0.15, 0.2) is 11.6 Å². The van der Waals surface area contributed by atoms with Crippen LogP contribution in [0.3, 0.4) is 0 Å². The van der Waals surface area contributed by atoms with E-state index >= 15 is 0 Å². The van der Waals surface area contributed by atoms with Gasteiger partial charge in [-0.15, -0.1) is 0 Å². The summed E-state index contributed by atoms with van der Waals surface area (Å²) in [4.78, 5) is 0. The van der Waals surface area contributed by atoms with Crippen LogP contribution in [-0.4, -0.2) is 16.3 Å². The van der Waals surface area contributed by atoms with E-state index in [0.717, 1.165) is 24.2 Å².